The van der Waals surface area contributed by atoms with E-state index in [1.165, 1.54) is 16.4 Å². The molecule has 140 valence electrons. The van der Waals surface area contributed by atoms with Gasteiger partial charge in [-0.05, 0) is 24.8 Å². The highest BCUT2D eigenvalue weighted by Gasteiger charge is 2.27. The monoisotopic (exact) mass is 370 g/mol. The fourth-order valence-corrected chi connectivity index (χ4v) is 3.96. The van der Waals surface area contributed by atoms with Crippen LogP contribution in [0.1, 0.15) is 40.5 Å². The van der Waals surface area contributed by atoms with E-state index in [2.05, 4.69) is 10.5 Å². The number of hydrogen-bond donors (Lipinski definition) is 1. The van der Waals surface area contributed by atoms with E-state index in [0.717, 1.165) is 18.9 Å². The van der Waals surface area contributed by atoms with Crippen molar-refractivity contribution >= 4 is 27.6 Å². The van der Waals surface area contributed by atoms with E-state index in [4.69, 9.17) is 0 Å². The van der Waals surface area contributed by atoms with Gasteiger partial charge in [0, 0.05) is 31.4 Å². The van der Waals surface area contributed by atoms with Crippen LogP contribution < -0.4 is 5.43 Å². The van der Waals surface area contributed by atoms with E-state index >= 15 is 0 Å². The standard InChI is InChI=1S/C16H26N4O4S/c1-5-13(6-2)12-17-18-15-10-9-14(20(21)22)11-16(15)25(23,24)19(7-3)8-4/h9-13,18H,5-8H2,1-4H3/b17-12+. The molecule has 0 spiro atoms. The maximum Gasteiger partial charge on any atom is 0.270 e. The van der Waals surface area contributed by atoms with Crippen LogP contribution in [0.25, 0.3) is 0 Å². The second kappa shape index (κ2) is 9.47. The Morgan fingerprint density at radius 2 is 1.84 bits per heavy atom. The molecule has 0 bridgehead atoms. The summed E-state index contributed by atoms with van der Waals surface area (Å²) in [5, 5.41) is 15.1. The summed E-state index contributed by atoms with van der Waals surface area (Å²) >= 11 is 0. The van der Waals surface area contributed by atoms with Gasteiger partial charge in [0.2, 0.25) is 10.0 Å². The lowest BCUT2D eigenvalue weighted by Crippen LogP contribution is -2.31. The third-order valence-electron chi connectivity index (χ3n) is 4.02. The van der Waals surface area contributed by atoms with Crippen LogP contribution in [0, 0.1) is 16.0 Å². The zero-order valence-electron chi connectivity index (χ0n) is 15.1. The second-order valence-corrected chi connectivity index (χ2v) is 7.40. The van der Waals surface area contributed by atoms with Gasteiger partial charge in [-0.3, -0.25) is 15.5 Å². The minimum atomic E-state index is -3.86. The fourth-order valence-electron chi connectivity index (χ4n) is 2.34. The first-order chi connectivity index (χ1) is 11.8. The Hall–Kier alpha value is -2.00. The number of nitro groups is 1. The first-order valence-electron chi connectivity index (χ1n) is 8.39. The molecule has 0 aliphatic heterocycles. The normalized spacial score (nSPS) is 12.2. The van der Waals surface area contributed by atoms with Gasteiger partial charge in [-0.1, -0.05) is 27.7 Å². The van der Waals surface area contributed by atoms with E-state index < -0.39 is 14.9 Å². The van der Waals surface area contributed by atoms with Crippen LogP contribution in [-0.4, -0.2) is 37.0 Å². The molecular weight excluding hydrogens is 344 g/mol. The minimum Gasteiger partial charge on any atom is -0.277 e. The Morgan fingerprint density at radius 3 is 2.32 bits per heavy atom. The van der Waals surface area contributed by atoms with E-state index in [1.807, 2.05) is 13.8 Å². The Balaban J connectivity index is 3.32. The molecule has 0 atom stereocenters. The van der Waals surface area contributed by atoms with Crippen LogP contribution >= 0.6 is 0 Å². The molecule has 1 aromatic carbocycles. The average Bonchev–Trinajstić information content (AvgIpc) is 2.59. The summed E-state index contributed by atoms with van der Waals surface area (Å²) in [5.41, 5.74) is 2.67. The molecule has 0 amide bonds. The molecule has 0 saturated carbocycles. The topological polar surface area (TPSA) is 105 Å². The maximum absolute atomic E-state index is 12.8. The third kappa shape index (κ3) is 5.23. The summed E-state index contributed by atoms with van der Waals surface area (Å²) in [5.74, 6) is 0.286. The molecule has 0 fully saturated rings. The molecule has 0 unspecified atom stereocenters. The quantitative estimate of drug-likeness (QED) is 0.386. The Bertz CT molecular complexity index is 711. The van der Waals surface area contributed by atoms with Crippen LogP contribution in [0.5, 0.6) is 0 Å². The first-order valence-corrected chi connectivity index (χ1v) is 9.83. The Labute approximate surface area is 149 Å². The number of hydrazone groups is 1. The molecule has 1 rings (SSSR count). The largest absolute Gasteiger partial charge is 0.277 e. The zero-order chi connectivity index (χ0) is 19.0. The summed E-state index contributed by atoms with van der Waals surface area (Å²) in [6.45, 7) is 8.08. The van der Waals surface area contributed by atoms with Gasteiger partial charge >= 0.3 is 0 Å². The molecule has 0 aliphatic rings. The molecule has 0 heterocycles. The highest BCUT2D eigenvalue weighted by Crippen LogP contribution is 2.29. The summed E-state index contributed by atoms with van der Waals surface area (Å²) < 4.78 is 26.9. The van der Waals surface area contributed by atoms with E-state index in [1.54, 1.807) is 20.1 Å². The van der Waals surface area contributed by atoms with Gasteiger partial charge < -0.3 is 0 Å². The highest BCUT2D eigenvalue weighted by atomic mass is 32.2. The molecule has 0 aliphatic carbocycles. The molecule has 1 aromatic rings. The second-order valence-electron chi connectivity index (χ2n) is 5.49. The van der Waals surface area contributed by atoms with E-state index in [-0.39, 0.29) is 35.3 Å². The average molecular weight is 370 g/mol. The van der Waals surface area contributed by atoms with Crippen molar-refractivity contribution < 1.29 is 13.3 Å². The van der Waals surface area contributed by atoms with Crippen molar-refractivity contribution in [2.75, 3.05) is 18.5 Å². The van der Waals surface area contributed by atoms with Gasteiger partial charge in [0.05, 0.1) is 10.6 Å². The summed E-state index contributed by atoms with van der Waals surface area (Å²) in [7, 11) is -3.86. The highest BCUT2D eigenvalue weighted by molar-refractivity contribution is 7.89. The van der Waals surface area contributed by atoms with Gasteiger partial charge in [-0.2, -0.15) is 9.41 Å². The maximum atomic E-state index is 12.8. The fraction of sp³-hybridized carbons (Fsp3) is 0.562. The van der Waals surface area contributed by atoms with Gasteiger partial charge in [0.1, 0.15) is 4.90 Å². The van der Waals surface area contributed by atoms with E-state index in [9.17, 15) is 18.5 Å². The van der Waals surface area contributed by atoms with Gasteiger partial charge in [-0.15, -0.1) is 0 Å². The lowest BCUT2D eigenvalue weighted by molar-refractivity contribution is -0.385. The van der Waals surface area contributed by atoms with Crippen molar-refractivity contribution in [1.29, 1.82) is 0 Å². The van der Waals surface area contributed by atoms with Gasteiger partial charge in [0.25, 0.3) is 5.69 Å². The SMILES string of the molecule is CCC(/C=N/Nc1ccc([N+](=O)[O-])cc1S(=O)(=O)N(CC)CC)CC. The molecule has 25 heavy (non-hydrogen) atoms. The predicted octanol–water partition coefficient (Wildman–Crippen LogP) is 3.46. The van der Waals surface area contributed by atoms with Crippen molar-refractivity contribution in [3.63, 3.8) is 0 Å². The molecule has 9 heteroatoms. The number of nitrogens with zero attached hydrogens (tertiary/aromatic N) is 3. The lowest BCUT2D eigenvalue weighted by Gasteiger charge is -2.20. The van der Waals surface area contributed by atoms with Crippen LogP contribution in [0.3, 0.4) is 0 Å². The Kier molecular flexibility index (Phi) is 7.98. The predicted molar refractivity (Wildman–Crippen MR) is 99.4 cm³/mol. The summed E-state index contributed by atoms with van der Waals surface area (Å²) in [4.78, 5) is 10.3. The lowest BCUT2D eigenvalue weighted by atomic mass is 10.1. The van der Waals surface area contributed by atoms with Crippen LogP contribution in [0.15, 0.2) is 28.2 Å². The number of rotatable bonds is 10. The van der Waals surface area contributed by atoms with Crippen molar-refractivity contribution in [2.24, 2.45) is 11.0 Å². The third-order valence-corrected chi connectivity index (χ3v) is 6.11. The van der Waals surface area contributed by atoms with Crippen molar-refractivity contribution in [2.45, 2.75) is 45.4 Å². The van der Waals surface area contributed by atoms with Crippen molar-refractivity contribution in [3.05, 3.63) is 28.3 Å². The van der Waals surface area contributed by atoms with Crippen LogP contribution in [0.2, 0.25) is 0 Å². The number of non-ortho nitro benzene ring substituents is 1. The van der Waals surface area contributed by atoms with Crippen LogP contribution in [-0.2, 0) is 10.0 Å². The number of sulfonamides is 1. The number of benzene rings is 1. The number of nitro benzene ring substituents is 1. The molecule has 0 aromatic heterocycles. The van der Waals surface area contributed by atoms with Crippen molar-refractivity contribution in [1.82, 2.24) is 4.31 Å². The van der Waals surface area contributed by atoms with Gasteiger partial charge in [0.15, 0.2) is 0 Å². The number of hydrogen-bond acceptors (Lipinski definition) is 6. The smallest absolute Gasteiger partial charge is 0.270 e. The molecule has 1 N–H and O–H groups in total. The number of anilines is 1. The number of nitrogens with one attached hydrogen (secondary N) is 1. The first kappa shape index (κ1) is 21.0. The van der Waals surface area contributed by atoms with Crippen molar-refractivity contribution in [3.8, 4) is 0 Å². The minimum absolute atomic E-state index is 0.146. The Morgan fingerprint density at radius 1 is 1.24 bits per heavy atom. The summed E-state index contributed by atoms with van der Waals surface area (Å²) in [6.07, 6.45) is 3.58. The molecule has 8 nitrogen and oxygen atoms in total. The van der Waals surface area contributed by atoms with Crippen LogP contribution in [0.4, 0.5) is 11.4 Å². The molecule has 0 radical (unpaired) electrons. The summed E-state index contributed by atoms with van der Waals surface area (Å²) in [6, 6.07) is 3.71. The van der Waals surface area contributed by atoms with E-state index in [0.29, 0.717) is 0 Å². The molecule has 0 saturated heterocycles. The molecular formula is C16H26N4O4S. The van der Waals surface area contributed by atoms with Gasteiger partial charge in [-0.25, -0.2) is 8.42 Å². The zero-order valence-corrected chi connectivity index (χ0v) is 15.9.